The first-order valence-electron chi connectivity index (χ1n) is 11.8. The van der Waals surface area contributed by atoms with Crippen molar-refractivity contribution in [1.29, 1.82) is 0 Å². The third kappa shape index (κ3) is 8.79. The van der Waals surface area contributed by atoms with E-state index in [2.05, 4.69) is 53.0 Å². The Hall–Kier alpha value is -2.50. The Balaban J connectivity index is 0.00000432. The minimum atomic E-state index is 0. The molecule has 0 saturated carbocycles. The fourth-order valence-electron chi connectivity index (χ4n) is 3.83. The number of rotatable bonds is 8. The third-order valence-electron chi connectivity index (χ3n) is 5.87. The Morgan fingerprint density at radius 3 is 1.62 bits per heavy atom. The van der Waals surface area contributed by atoms with E-state index in [1.54, 1.807) is 0 Å². The summed E-state index contributed by atoms with van der Waals surface area (Å²) in [5.41, 5.74) is 10.1. The largest absolute Gasteiger partial charge is 2.00 e. The van der Waals surface area contributed by atoms with Crippen LogP contribution in [0.2, 0.25) is 0 Å². The molecule has 0 atom stereocenters. The molecule has 3 nitrogen and oxygen atoms in total. The maximum Gasteiger partial charge on any atom is 2.00 e. The van der Waals surface area contributed by atoms with Crippen LogP contribution < -0.4 is 24.8 Å². The summed E-state index contributed by atoms with van der Waals surface area (Å²) in [5.74, 6) is 0.704. The van der Waals surface area contributed by atoms with Crippen LogP contribution in [0.3, 0.4) is 0 Å². The molecule has 0 aliphatic rings. The molecule has 0 aliphatic carbocycles. The quantitative estimate of drug-likeness (QED) is 0.379. The number of hydrogen-bond acceptors (Lipinski definition) is 3. The van der Waals surface area contributed by atoms with Crippen molar-refractivity contribution in [2.45, 2.75) is 53.4 Å². The smallest absolute Gasteiger partial charge is 1.00 e. The average molecular weight is 579 g/mol. The van der Waals surface area contributed by atoms with E-state index in [-0.39, 0.29) is 41.6 Å². The Morgan fingerprint density at radius 1 is 0.730 bits per heavy atom. The minimum absolute atomic E-state index is 0. The molecular formula is C31H35Cl2CoN3. The second kappa shape index (κ2) is 15.7. The molecule has 6 heteroatoms. The van der Waals surface area contributed by atoms with E-state index in [1.807, 2.05) is 68.5 Å². The monoisotopic (exact) mass is 578 g/mol. The van der Waals surface area contributed by atoms with Crippen molar-refractivity contribution in [1.82, 2.24) is 4.98 Å². The van der Waals surface area contributed by atoms with Crippen molar-refractivity contribution in [2.75, 3.05) is 0 Å². The van der Waals surface area contributed by atoms with Crippen molar-refractivity contribution in [3.05, 3.63) is 101 Å². The Labute approximate surface area is 245 Å². The van der Waals surface area contributed by atoms with Gasteiger partial charge in [-0.2, -0.15) is 0 Å². The van der Waals surface area contributed by atoms with E-state index in [0.29, 0.717) is 11.8 Å². The van der Waals surface area contributed by atoms with Gasteiger partial charge < -0.3 is 24.8 Å². The van der Waals surface area contributed by atoms with Gasteiger partial charge in [0.2, 0.25) is 0 Å². The predicted octanol–water partition coefficient (Wildman–Crippen LogP) is 2.90. The number of aliphatic imine (C=N–C) groups is 2. The predicted molar refractivity (Wildman–Crippen MR) is 149 cm³/mol. The topological polar surface area (TPSA) is 37.6 Å². The summed E-state index contributed by atoms with van der Waals surface area (Å²) in [6, 6.07) is 18.4. The first-order valence-corrected chi connectivity index (χ1v) is 11.8. The van der Waals surface area contributed by atoms with Crippen LogP contribution in [-0.2, 0) is 16.8 Å². The second-order valence-corrected chi connectivity index (χ2v) is 9.16. The van der Waals surface area contributed by atoms with Crippen LogP contribution in [0.4, 0.5) is 11.4 Å². The van der Waals surface area contributed by atoms with Crippen LogP contribution in [0.5, 0.6) is 0 Å². The van der Waals surface area contributed by atoms with Crippen LogP contribution in [0, 0.1) is 0 Å². The Morgan fingerprint density at radius 2 is 1.19 bits per heavy atom. The van der Waals surface area contributed by atoms with Gasteiger partial charge in [-0.15, -0.1) is 0 Å². The zero-order valence-electron chi connectivity index (χ0n) is 22.4. The van der Waals surface area contributed by atoms with Gasteiger partial charge in [0.25, 0.3) is 0 Å². The number of pyridine rings is 1. The summed E-state index contributed by atoms with van der Waals surface area (Å²) in [6.45, 7) is 20.6. The average Bonchev–Trinajstić information content (AvgIpc) is 2.84. The van der Waals surface area contributed by atoms with E-state index in [1.165, 1.54) is 11.1 Å². The normalized spacial score (nSPS) is 11.4. The van der Waals surface area contributed by atoms with Crippen molar-refractivity contribution in [2.24, 2.45) is 9.98 Å². The van der Waals surface area contributed by atoms with Gasteiger partial charge in [0.05, 0.1) is 34.2 Å². The molecule has 0 spiro atoms. The molecule has 0 unspecified atom stereocenters. The molecule has 0 saturated heterocycles. The number of hydrogen-bond donors (Lipinski definition) is 0. The van der Waals surface area contributed by atoms with Crippen molar-refractivity contribution in [3.63, 3.8) is 0 Å². The molecule has 37 heavy (non-hydrogen) atoms. The van der Waals surface area contributed by atoms with Gasteiger partial charge in [-0.25, -0.2) is 4.98 Å². The van der Waals surface area contributed by atoms with E-state index in [4.69, 9.17) is 15.0 Å². The van der Waals surface area contributed by atoms with E-state index in [0.717, 1.165) is 45.3 Å². The van der Waals surface area contributed by atoms with Gasteiger partial charge in [-0.3, -0.25) is 9.98 Å². The molecule has 0 amide bonds. The van der Waals surface area contributed by atoms with Gasteiger partial charge in [0, 0.05) is 0 Å². The summed E-state index contributed by atoms with van der Waals surface area (Å²) >= 11 is 0. The number of aromatic nitrogens is 1. The van der Waals surface area contributed by atoms with Crippen molar-refractivity contribution >= 4 is 35.0 Å². The van der Waals surface area contributed by atoms with Crippen molar-refractivity contribution < 1.29 is 41.6 Å². The molecule has 2 aromatic carbocycles. The van der Waals surface area contributed by atoms with Crippen LogP contribution in [0.25, 0.3) is 12.2 Å². The summed E-state index contributed by atoms with van der Waals surface area (Å²) < 4.78 is 0. The van der Waals surface area contributed by atoms with Gasteiger partial charge >= 0.3 is 16.8 Å². The second-order valence-electron chi connectivity index (χ2n) is 9.16. The maximum atomic E-state index is 5.12. The molecular weight excluding hydrogens is 544 g/mol. The van der Waals surface area contributed by atoms with Crippen molar-refractivity contribution in [3.8, 4) is 0 Å². The third-order valence-corrected chi connectivity index (χ3v) is 5.87. The maximum absolute atomic E-state index is 5.12. The molecule has 1 aromatic heterocycles. The van der Waals surface area contributed by atoms with E-state index in [9.17, 15) is 0 Å². The number of benzene rings is 2. The van der Waals surface area contributed by atoms with E-state index < -0.39 is 0 Å². The first-order chi connectivity index (χ1) is 16.2. The zero-order valence-corrected chi connectivity index (χ0v) is 24.9. The SMILES string of the molecule is C=Cc1ccc(/N=C(\C)c2cccc(/C(C)=N/c3c(C(C)C)cc(C=C)cc3C(C)C)n2)cc1.[Cl-].[Cl-].[Co+2]. The Kier molecular flexibility index (Phi) is 14.6. The standard InChI is InChI=1S/C31H35N3.2ClH.Co/c1-9-24-14-16-26(17-15-24)32-22(7)29-12-11-13-30(34-29)23(8)33-31-27(20(3)4)18-25(10-2)19-28(31)21(5)6;;;/h9-21H,1-2H2,3-8H3;2*1H;/q;;;+2/p-2/b32-22+,33-23+;;;. The molecule has 1 radical (unpaired) electrons. The molecule has 0 aliphatic heterocycles. The molecule has 197 valence electrons. The fourth-order valence-corrected chi connectivity index (χ4v) is 3.83. The summed E-state index contributed by atoms with van der Waals surface area (Å²) in [4.78, 5) is 14.8. The van der Waals surface area contributed by atoms with Crippen LogP contribution >= 0.6 is 0 Å². The molecule has 1 heterocycles. The molecule has 0 bridgehead atoms. The van der Waals surface area contributed by atoms with E-state index >= 15 is 0 Å². The summed E-state index contributed by atoms with van der Waals surface area (Å²) in [5, 5.41) is 0. The summed E-state index contributed by atoms with van der Waals surface area (Å²) in [7, 11) is 0. The van der Waals surface area contributed by atoms with Crippen LogP contribution in [-0.4, -0.2) is 16.4 Å². The molecule has 3 aromatic rings. The summed E-state index contributed by atoms with van der Waals surface area (Å²) in [6.07, 6.45) is 3.74. The zero-order chi connectivity index (χ0) is 24.8. The number of halogens is 2. The van der Waals surface area contributed by atoms with Crippen LogP contribution in [0.15, 0.2) is 77.7 Å². The van der Waals surface area contributed by atoms with Gasteiger partial charge in [0.1, 0.15) is 0 Å². The van der Waals surface area contributed by atoms with Gasteiger partial charge in [-0.1, -0.05) is 71.2 Å². The van der Waals surface area contributed by atoms with Crippen LogP contribution in [0.1, 0.15) is 87.0 Å². The van der Waals surface area contributed by atoms with Gasteiger partial charge in [0.15, 0.2) is 0 Å². The Bertz CT molecular complexity index is 1230. The van der Waals surface area contributed by atoms with Gasteiger partial charge in [-0.05, 0) is 84.3 Å². The molecule has 0 fully saturated rings. The first kappa shape index (κ1) is 34.5. The molecule has 0 N–H and O–H groups in total. The molecule has 3 rings (SSSR count). The fraction of sp³-hybridized carbons (Fsp3) is 0.258. The number of nitrogens with zero attached hydrogens (tertiary/aromatic N) is 3. The minimum Gasteiger partial charge on any atom is -1.00 e.